The van der Waals surface area contributed by atoms with E-state index >= 15 is 0 Å². The molecular formula is C30H54O3SSi. The number of unbranched alkanes of at least 4 members (excludes halogenated alkanes) is 4. The highest BCUT2D eigenvalue weighted by Crippen LogP contribution is 2.37. The van der Waals surface area contributed by atoms with Gasteiger partial charge in [-0.15, -0.1) is 0 Å². The van der Waals surface area contributed by atoms with E-state index in [1.807, 2.05) is 0 Å². The first-order valence-corrected chi connectivity index (χ1v) is 16.7. The monoisotopic (exact) mass is 522 g/mol. The summed E-state index contributed by atoms with van der Waals surface area (Å²) in [6.07, 6.45) is 10.5. The van der Waals surface area contributed by atoms with E-state index in [0.29, 0.717) is 11.7 Å². The van der Waals surface area contributed by atoms with E-state index in [1.165, 1.54) is 49.7 Å². The minimum Gasteiger partial charge on any atom is -0.519 e. The summed E-state index contributed by atoms with van der Waals surface area (Å²) in [5.41, 5.74) is 2.71. The molecule has 202 valence electrons. The van der Waals surface area contributed by atoms with Gasteiger partial charge < -0.3 is 8.85 Å². The molecule has 0 amide bonds. The molecule has 0 N–H and O–H groups in total. The van der Waals surface area contributed by atoms with Crippen LogP contribution in [0.5, 0.6) is 5.75 Å². The zero-order valence-electron chi connectivity index (χ0n) is 24.4. The first kappa shape index (κ1) is 32.2. The Labute approximate surface area is 223 Å². The van der Waals surface area contributed by atoms with Crippen LogP contribution in [0.3, 0.4) is 0 Å². The number of carbonyl (C=O) groups is 1. The van der Waals surface area contributed by atoms with E-state index < -0.39 is 8.56 Å². The fourth-order valence-electron chi connectivity index (χ4n) is 4.07. The van der Waals surface area contributed by atoms with Crippen molar-refractivity contribution in [3.05, 3.63) is 29.3 Å². The number of thiol groups is 1. The van der Waals surface area contributed by atoms with Crippen molar-refractivity contribution in [2.24, 2.45) is 5.92 Å². The van der Waals surface area contributed by atoms with Crippen molar-refractivity contribution in [1.29, 1.82) is 0 Å². The summed E-state index contributed by atoms with van der Waals surface area (Å²) >= 11 is 4.88. The van der Waals surface area contributed by atoms with Crippen LogP contribution in [0, 0.1) is 5.92 Å². The lowest BCUT2D eigenvalue weighted by molar-refractivity contribution is -0.111. The van der Waals surface area contributed by atoms with Gasteiger partial charge in [0.05, 0.1) is 4.87 Å². The van der Waals surface area contributed by atoms with Gasteiger partial charge in [-0.1, -0.05) is 106 Å². The first-order chi connectivity index (χ1) is 16.2. The van der Waals surface area contributed by atoms with Crippen LogP contribution in [-0.2, 0) is 20.1 Å². The Balaban J connectivity index is 0.000000566. The number of benzene rings is 1. The average Bonchev–Trinajstić information content (AvgIpc) is 3.47. The van der Waals surface area contributed by atoms with Crippen molar-refractivity contribution in [3.8, 4) is 5.75 Å². The van der Waals surface area contributed by atoms with Crippen LogP contribution < -0.4 is 4.43 Å². The molecule has 2 rings (SSSR count). The van der Waals surface area contributed by atoms with E-state index in [2.05, 4.69) is 80.1 Å². The molecule has 1 aliphatic carbocycles. The summed E-state index contributed by atoms with van der Waals surface area (Å²) in [5.74, 6) is 1.93. The first-order valence-electron chi connectivity index (χ1n) is 13.8. The molecule has 0 aromatic heterocycles. The SMILES string of the molecule is CCCCCC(S)[Si](C)(OC)Oc1ccc(C(C)(C)C)cc1C(C)(C)C.CCCCCC1CC1=O. The van der Waals surface area contributed by atoms with E-state index in [0.717, 1.165) is 25.0 Å². The van der Waals surface area contributed by atoms with Gasteiger partial charge in [0, 0.05) is 19.4 Å². The summed E-state index contributed by atoms with van der Waals surface area (Å²) in [5, 5.41) is 0. The van der Waals surface area contributed by atoms with Gasteiger partial charge in [0.25, 0.3) is 0 Å². The van der Waals surface area contributed by atoms with Crippen LogP contribution >= 0.6 is 12.6 Å². The fraction of sp³-hybridized carbons (Fsp3) is 0.767. The number of Topliss-reactive ketones (excluding diaryl/α,β-unsaturated/α-hetero) is 1. The Bertz CT molecular complexity index is 781. The van der Waals surface area contributed by atoms with Crippen molar-refractivity contribution >= 4 is 27.0 Å². The zero-order chi connectivity index (χ0) is 26.9. The van der Waals surface area contributed by atoms with Gasteiger partial charge in [0.1, 0.15) is 11.5 Å². The number of hydrogen-bond donors (Lipinski definition) is 1. The van der Waals surface area contributed by atoms with Gasteiger partial charge in [-0.05, 0) is 47.4 Å². The van der Waals surface area contributed by atoms with Gasteiger partial charge in [-0.3, -0.25) is 4.79 Å². The maximum atomic E-state index is 10.5. The van der Waals surface area contributed by atoms with E-state index in [1.54, 1.807) is 7.11 Å². The molecule has 0 aliphatic heterocycles. The predicted molar refractivity (Wildman–Crippen MR) is 157 cm³/mol. The molecule has 1 aromatic rings. The summed E-state index contributed by atoms with van der Waals surface area (Å²) in [7, 11) is -0.653. The number of hydrogen-bond acceptors (Lipinski definition) is 4. The molecule has 1 aliphatic rings. The molecule has 1 fully saturated rings. The molecule has 0 spiro atoms. The molecule has 35 heavy (non-hydrogen) atoms. The van der Waals surface area contributed by atoms with Crippen LogP contribution in [0.25, 0.3) is 0 Å². The normalized spacial score (nSPS) is 18.4. The largest absolute Gasteiger partial charge is 0.519 e. The minimum absolute atomic E-state index is 0.00789. The summed E-state index contributed by atoms with van der Waals surface area (Å²) < 4.78 is 12.5. The topological polar surface area (TPSA) is 35.5 Å². The van der Waals surface area contributed by atoms with Gasteiger partial charge in [0.2, 0.25) is 0 Å². The average molecular weight is 523 g/mol. The zero-order valence-corrected chi connectivity index (χ0v) is 26.3. The number of ketones is 1. The van der Waals surface area contributed by atoms with Crippen molar-refractivity contribution < 1.29 is 13.6 Å². The van der Waals surface area contributed by atoms with Crippen LogP contribution in [0.4, 0.5) is 0 Å². The Morgan fingerprint density at radius 1 is 1.00 bits per heavy atom. The van der Waals surface area contributed by atoms with Crippen molar-refractivity contribution in [1.82, 2.24) is 0 Å². The third-order valence-corrected chi connectivity index (χ3v) is 11.6. The molecule has 0 radical (unpaired) electrons. The second-order valence-corrected chi connectivity index (χ2v) is 16.9. The maximum absolute atomic E-state index is 10.5. The Hall–Kier alpha value is -0.783. The molecule has 1 aromatic carbocycles. The molecule has 3 atom stereocenters. The van der Waals surface area contributed by atoms with Crippen LogP contribution in [0.2, 0.25) is 6.55 Å². The molecule has 3 nitrogen and oxygen atoms in total. The summed E-state index contributed by atoms with van der Waals surface area (Å²) in [6.45, 7) is 20.0. The van der Waals surface area contributed by atoms with E-state index in [9.17, 15) is 4.79 Å². The van der Waals surface area contributed by atoms with Gasteiger partial charge in [-0.25, -0.2) is 0 Å². The van der Waals surface area contributed by atoms with Gasteiger partial charge in [0.15, 0.2) is 0 Å². The molecule has 1 saturated carbocycles. The highest BCUT2D eigenvalue weighted by molar-refractivity contribution is 7.83. The Morgan fingerprint density at radius 2 is 1.57 bits per heavy atom. The molecule has 0 bridgehead atoms. The highest BCUT2D eigenvalue weighted by atomic mass is 32.1. The Morgan fingerprint density at radius 3 is 2.03 bits per heavy atom. The van der Waals surface area contributed by atoms with Crippen molar-refractivity contribution in [3.63, 3.8) is 0 Å². The van der Waals surface area contributed by atoms with Crippen LogP contribution in [0.1, 0.15) is 124 Å². The predicted octanol–water partition coefficient (Wildman–Crippen LogP) is 8.95. The summed E-state index contributed by atoms with van der Waals surface area (Å²) in [4.78, 5) is 10.6. The highest BCUT2D eigenvalue weighted by Gasteiger charge is 2.41. The quantitative estimate of drug-likeness (QED) is 0.169. The Kier molecular flexibility index (Phi) is 13.1. The lowest BCUT2D eigenvalue weighted by Crippen LogP contribution is -2.50. The van der Waals surface area contributed by atoms with Crippen molar-refractivity contribution in [2.75, 3.05) is 7.11 Å². The van der Waals surface area contributed by atoms with Gasteiger partial charge >= 0.3 is 8.56 Å². The second kappa shape index (κ2) is 14.2. The molecule has 0 saturated heterocycles. The smallest absolute Gasteiger partial charge is 0.408 e. The number of rotatable bonds is 12. The lowest BCUT2D eigenvalue weighted by Gasteiger charge is -2.34. The standard InChI is InChI=1S/C22H40O2SSi.C8H14O/c1-10-11-12-13-20(25)26(9,23-8)24-19-15-14-17(21(2,3)4)16-18(19)22(5,6)7;1-2-3-4-5-7-6-8(7)9/h14-16,20,25H,10-13H2,1-9H3;7H,2-6H2,1H3. The maximum Gasteiger partial charge on any atom is 0.408 e. The molecular weight excluding hydrogens is 468 g/mol. The fourth-order valence-corrected chi connectivity index (χ4v) is 6.56. The van der Waals surface area contributed by atoms with Crippen LogP contribution in [-0.4, -0.2) is 26.3 Å². The second-order valence-electron chi connectivity index (χ2n) is 12.4. The summed E-state index contributed by atoms with van der Waals surface area (Å²) in [6, 6.07) is 6.64. The van der Waals surface area contributed by atoms with E-state index in [-0.39, 0.29) is 15.7 Å². The lowest BCUT2D eigenvalue weighted by atomic mass is 9.80. The molecule has 3 unspecified atom stereocenters. The third-order valence-electron chi connectivity index (χ3n) is 6.96. The molecule has 5 heteroatoms. The van der Waals surface area contributed by atoms with Gasteiger partial charge in [-0.2, -0.15) is 12.6 Å². The number of carbonyl (C=O) groups excluding carboxylic acids is 1. The van der Waals surface area contributed by atoms with E-state index in [4.69, 9.17) is 21.5 Å². The minimum atomic E-state index is -2.43. The third kappa shape index (κ3) is 11.0. The molecule has 0 heterocycles. The van der Waals surface area contributed by atoms with Crippen LogP contribution in [0.15, 0.2) is 18.2 Å². The van der Waals surface area contributed by atoms with Crippen molar-refractivity contribution in [2.45, 2.75) is 135 Å².